The first-order valence-corrected chi connectivity index (χ1v) is 9.21. The number of pyridine rings is 1. The zero-order valence-electron chi connectivity index (χ0n) is 15.3. The van der Waals surface area contributed by atoms with Gasteiger partial charge in [-0.3, -0.25) is 9.69 Å². The molecule has 2 aliphatic rings. The van der Waals surface area contributed by atoms with Gasteiger partial charge in [0.15, 0.2) is 0 Å². The van der Waals surface area contributed by atoms with Gasteiger partial charge in [-0.1, -0.05) is 6.07 Å². The first-order chi connectivity index (χ1) is 12.6. The number of aromatic nitrogens is 3. The van der Waals surface area contributed by atoms with E-state index in [1.165, 1.54) is 0 Å². The normalized spacial score (nSPS) is 19.8. The average Bonchev–Trinajstić information content (AvgIpc) is 3.35. The zero-order chi connectivity index (χ0) is 18.1. The molecule has 4 rings (SSSR count). The third-order valence-electron chi connectivity index (χ3n) is 5.11. The lowest BCUT2D eigenvalue weighted by atomic mass is 10.1. The number of imidazole rings is 1. The molecule has 0 radical (unpaired) electrons. The number of carbonyl (C=O) groups excluding carboxylic acids is 1. The molecule has 1 amide bonds. The fourth-order valence-electron chi connectivity index (χ4n) is 3.51. The summed E-state index contributed by atoms with van der Waals surface area (Å²) >= 11 is 0. The second-order valence-corrected chi connectivity index (χ2v) is 7.12. The first kappa shape index (κ1) is 17.0. The summed E-state index contributed by atoms with van der Waals surface area (Å²) in [5, 5.41) is 3.03. The highest BCUT2D eigenvalue weighted by atomic mass is 16.5. The fraction of sp³-hybridized carbons (Fsp3) is 0.526. The van der Waals surface area contributed by atoms with Crippen molar-refractivity contribution in [3.8, 4) is 5.88 Å². The van der Waals surface area contributed by atoms with E-state index in [0.29, 0.717) is 18.3 Å². The highest BCUT2D eigenvalue weighted by Gasteiger charge is 2.28. The molecule has 1 fully saturated rings. The summed E-state index contributed by atoms with van der Waals surface area (Å²) < 4.78 is 7.56. The second-order valence-electron chi connectivity index (χ2n) is 7.12. The molecular formula is C19H25N5O2. The van der Waals surface area contributed by atoms with Gasteiger partial charge in [-0.05, 0) is 25.8 Å². The lowest BCUT2D eigenvalue weighted by Gasteiger charge is -2.33. The number of methoxy groups -OCH3 is 1. The molecule has 2 aromatic heterocycles. The number of nitrogens with one attached hydrogen (secondary N) is 1. The van der Waals surface area contributed by atoms with Crippen LogP contribution in [0.2, 0.25) is 0 Å². The molecule has 1 unspecified atom stereocenters. The van der Waals surface area contributed by atoms with Crippen molar-refractivity contribution in [3.05, 3.63) is 41.6 Å². The Morgan fingerprint density at radius 3 is 3.00 bits per heavy atom. The van der Waals surface area contributed by atoms with Gasteiger partial charge in [0.25, 0.3) is 0 Å². The van der Waals surface area contributed by atoms with Crippen LogP contribution in [-0.2, 0) is 24.3 Å². The van der Waals surface area contributed by atoms with E-state index < -0.39 is 0 Å². The Kier molecular flexibility index (Phi) is 4.63. The number of ether oxygens (including phenoxy) is 1. The molecule has 7 nitrogen and oxygen atoms in total. The Bertz CT molecular complexity index is 799. The van der Waals surface area contributed by atoms with Crippen LogP contribution in [0, 0.1) is 0 Å². The van der Waals surface area contributed by atoms with Gasteiger partial charge in [-0.2, -0.15) is 0 Å². The number of hydrogen-bond acceptors (Lipinski definition) is 5. The summed E-state index contributed by atoms with van der Waals surface area (Å²) in [6.45, 7) is 4.73. The van der Waals surface area contributed by atoms with Crippen molar-refractivity contribution in [2.45, 2.75) is 51.4 Å². The molecule has 1 aliphatic carbocycles. The van der Waals surface area contributed by atoms with E-state index >= 15 is 0 Å². The number of amides is 1. The third-order valence-corrected chi connectivity index (χ3v) is 5.11. The molecule has 7 heteroatoms. The van der Waals surface area contributed by atoms with Crippen molar-refractivity contribution in [1.29, 1.82) is 0 Å². The Hall–Kier alpha value is -2.41. The van der Waals surface area contributed by atoms with Gasteiger partial charge >= 0.3 is 0 Å². The van der Waals surface area contributed by atoms with Gasteiger partial charge < -0.3 is 14.6 Å². The van der Waals surface area contributed by atoms with Gasteiger partial charge in [0.1, 0.15) is 5.82 Å². The summed E-state index contributed by atoms with van der Waals surface area (Å²) in [5.74, 6) is 1.77. The largest absolute Gasteiger partial charge is 0.481 e. The van der Waals surface area contributed by atoms with Crippen LogP contribution in [0.15, 0.2) is 24.5 Å². The lowest BCUT2D eigenvalue weighted by molar-refractivity contribution is -0.120. The molecule has 3 heterocycles. The Balaban J connectivity index is 1.45. The van der Waals surface area contributed by atoms with Crippen LogP contribution in [0.5, 0.6) is 5.88 Å². The molecule has 26 heavy (non-hydrogen) atoms. The Morgan fingerprint density at radius 2 is 2.23 bits per heavy atom. The maximum absolute atomic E-state index is 12.0. The SMILES string of the molecule is COc1ncccc1CN1CCn2cc(CC(=O)NC3CC3)nc2C1C. The maximum Gasteiger partial charge on any atom is 0.226 e. The average molecular weight is 355 g/mol. The minimum absolute atomic E-state index is 0.0764. The molecule has 0 bridgehead atoms. The Morgan fingerprint density at radius 1 is 1.38 bits per heavy atom. The second kappa shape index (κ2) is 7.07. The van der Waals surface area contributed by atoms with Crippen molar-refractivity contribution in [2.75, 3.05) is 13.7 Å². The molecule has 0 spiro atoms. The van der Waals surface area contributed by atoms with Gasteiger partial charge in [0, 0.05) is 43.6 Å². The van der Waals surface area contributed by atoms with E-state index in [1.807, 2.05) is 18.3 Å². The minimum Gasteiger partial charge on any atom is -0.481 e. The number of fused-ring (bicyclic) bond motifs is 1. The summed E-state index contributed by atoms with van der Waals surface area (Å²) in [7, 11) is 1.65. The number of hydrogen-bond donors (Lipinski definition) is 1. The smallest absolute Gasteiger partial charge is 0.226 e. The molecule has 1 saturated carbocycles. The van der Waals surface area contributed by atoms with E-state index in [2.05, 4.69) is 26.7 Å². The minimum atomic E-state index is 0.0764. The Labute approximate surface area is 153 Å². The van der Waals surface area contributed by atoms with Crippen LogP contribution >= 0.6 is 0 Å². The highest BCUT2D eigenvalue weighted by molar-refractivity contribution is 5.78. The summed E-state index contributed by atoms with van der Waals surface area (Å²) in [4.78, 5) is 23.4. The number of nitrogens with zero attached hydrogens (tertiary/aromatic N) is 4. The quantitative estimate of drug-likeness (QED) is 0.854. The molecule has 2 aromatic rings. The molecule has 1 aliphatic heterocycles. The van der Waals surface area contributed by atoms with Crippen LogP contribution in [0.1, 0.15) is 42.9 Å². The van der Waals surface area contributed by atoms with Crippen LogP contribution < -0.4 is 10.1 Å². The highest BCUT2D eigenvalue weighted by Crippen LogP contribution is 2.28. The molecule has 138 valence electrons. The van der Waals surface area contributed by atoms with E-state index in [1.54, 1.807) is 13.3 Å². The zero-order valence-corrected chi connectivity index (χ0v) is 15.3. The summed E-state index contributed by atoms with van der Waals surface area (Å²) in [6.07, 6.45) is 6.35. The van der Waals surface area contributed by atoms with Crippen molar-refractivity contribution < 1.29 is 9.53 Å². The van der Waals surface area contributed by atoms with E-state index in [0.717, 1.165) is 49.6 Å². The fourth-order valence-corrected chi connectivity index (χ4v) is 3.51. The van der Waals surface area contributed by atoms with Gasteiger partial charge in [-0.15, -0.1) is 0 Å². The lowest BCUT2D eigenvalue weighted by Crippen LogP contribution is -2.36. The molecule has 1 N–H and O–H groups in total. The van der Waals surface area contributed by atoms with Crippen LogP contribution in [0.4, 0.5) is 0 Å². The number of carbonyl (C=O) groups is 1. The van der Waals surface area contributed by atoms with Crippen molar-refractivity contribution in [2.24, 2.45) is 0 Å². The van der Waals surface area contributed by atoms with E-state index in [4.69, 9.17) is 9.72 Å². The standard InChI is InChI=1S/C19H25N5O2/c1-13-18-22-16(10-17(25)21-15-5-6-15)12-24(18)9-8-23(13)11-14-4-3-7-20-19(14)26-2/h3-4,7,12-13,15H,5-6,8-11H2,1-2H3,(H,21,25). The predicted molar refractivity (Wildman–Crippen MR) is 96.7 cm³/mol. The van der Waals surface area contributed by atoms with Crippen molar-refractivity contribution in [1.82, 2.24) is 24.8 Å². The van der Waals surface area contributed by atoms with Crippen LogP contribution in [-0.4, -0.2) is 45.0 Å². The first-order valence-electron chi connectivity index (χ1n) is 9.21. The van der Waals surface area contributed by atoms with Crippen molar-refractivity contribution >= 4 is 5.91 Å². The van der Waals surface area contributed by atoms with Crippen molar-refractivity contribution in [3.63, 3.8) is 0 Å². The van der Waals surface area contributed by atoms with Crippen LogP contribution in [0.25, 0.3) is 0 Å². The molecule has 0 saturated heterocycles. The molecule has 1 atom stereocenters. The topological polar surface area (TPSA) is 72.3 Å². The molecular weight excluding hydrogens is 330 g/mol. The third kappa shape index (κ3) is 3.58. The predicted octanol–water partition coefficient (Wildman–Crippen LogP) is 1.68. The molecule has 0 aromatic carbocycles. The maximum atomic E-state index is 12.0. The van der Waals surface area contributed by atoms with Gasteiger partial charge in [0.2, 0.25) is 11.8 Å². The van der Waals surface area contributed by atoms with E-state index in [9.17, 15) is 4.79 Å². The van der Waals surface area contributed by atoms with Gasteiger partial charge in [-0.25, -0.2) is 9.97 Å². The number of rotatable bonds is 6. The van der Waals surface area contributed by atoms with Crippen LogP contribution in [0.3, 0.4) is 0 Å². The summed E-state index contributed by atoms with van der Waals surface area (Å²) in [5.41, 5.74) is 1.93. The monoisotopic (exact) mass is 355 g/mol. The van der Waals surface area contributed by atoms with E-state index in [-0.39, 0.29) is 11.9 Å². The van der Waals surface area contributed by atoms with Gasteiger partial charge in [0.05, 0.1) is 25.3 Å². The summed E-state index contributed by atoms with van der Waals surface area (Å²) in [6, 6.07) is 4.55.